The van der Waals surface area contributed by atoms with Gasteiger partial charge in [0.2, 0.25) is 0 Å². The minimum atomic E-state index is -0.381. The lowest BCUT2D eigenvalue weighted by molar-refractivity contribution is 0.0792. The largest absolute Gasteiger partial charge is 0.342 e. The number of aryl methyl sites for hydroxylation is 3. The van der Waals surface area contributed by atoms with Crippen LogP contribution < -0.4 is 0 Å². The summed E-state index contributed by atoms with van der Waals surface area (Å²) in [6.07, 6.45) is 6.53. The lowest BCUT2D eigenvalue weighted by Gasteiger charge is -2.18. The molecule has 1 aromatic heterocycles. The van der Waals surface area contributed by atoms with Crippen LogP contribution in [0.4, 0.5) is 4.39 Å². The number of halogens is 1. The Hall–Kier alpha value is -2.17. The fourth-order valence-electron chi connectivity index (χ4n) is 2.62. The van der Waals surface area contributed by atoms with E-state index in [0.29, 0.717) is 12.1 Å². The predicted molar refractivity (Wildman–Crippen MR) is 88.9 cm³/mol. The summed E-state index contributed by atoms with van der Waals surface area (Å²) in [6.45, 7) is 5.54. The van der Waals surface area contributed by atoms with Gasteiger partial charge in [-0.2, -0.15) is 0 Å². The van der Waals surface area contributed by atoms with Gasteiger partial charge >= 0.3 is 0 Å². The first-order chi connectivity index (χ1) is 11.0. The van der Waals surface area contributed by atoms with Gasteiger partial charge in [0.05, 0.1) is 0 Å². The molecule has 2 aromatic rings. The van der Waals surface area contributed by atoms with Gasteiger partial charge in [0.15, 0.2) is 0 Å². The van der Waals surface area contributed by atoms with Crippen LogP contribution in [0, 0.1) is 12.7 Å². The molecular weight excluding hydrogens is 293 g/mol. The van der Waals surface area contributed by atoms with E-state index in [2.05, 4.69) is 16.5 Å². The zero-order valence-electron chi connectivity index (χ0n) is 14.1. The number of hydrogen-bond donors (Lipinski definition) is 0. The van der Waals surface area contributed by atoms with Crippen molar-refractivity contribution in [3.63, 3.8) is 0 Å². The number of rotatable bonds is 7. The van der Waals surface area contributed by atoms with Crippen molar-refractivity contribution in [2.45, 2.75) is 39.7 Å². The normalized spacial score (nSPS) is 10.8. The van der Waals surface area contributed by atoms with E-state index >= 15 is 0 Å². The molecule has 1 aromatic carbocycles. The topological polar surface area (TPSA) is 38.1 Å². The molecule has 0 aliphatic carbocycles. The molecule has 0 radical (unpaired) electrons. The van der Waals surface area contributed by atoms with Crippen LogP contribution in [0.1, 0.15) is 41.5 Å². The summed E-state index contributed by atoms with van der Waals surface area (Å²) in [5.41, 5.74) is 1.22. The Kier molecular flexibility index (Phi) is 5.90. The first-order valence-corrected chi connectivity index (χ1v) is 8.04. The molecule has 0 unspecified atom stereocenters. The van der Waals surface area contributed by atoms with Crippen LogP contribution in [-0.4, -0.2) is 34.0 Å². The maximum atomic E-state index is 13.3. The Morgan fingerprint density at radius 2 is 2.17 bits per heavy atom. The fourth-order valence-corrected chi connectivity index (χ4v) is 2.62. The van der Waals surface area contributed by atoms with Crippen molar-refractivity contribution >= 4 is 5.91 Å². The Bertz CT molecular complexity index is 666. The smallest absolute Gasteiger partial charge is 0.253 e. The van der Waals surface area contributed by atoms with Gasteiger partial charge in [0.1, 0.15) is 11.6 Å². The summed E-state index contributed by atoms with van der Waals surface area (Å²) in [7, 11) is 1.76. The highest BCUT2D eigenvalue weighted by Gasteiger charge is 2.15. The van der Waals surface area contributed by atoms with E-state index in [1.807, 2.05) is 19.3 Å². The lowest BCUT2D eigenvalue weighted by atomic mass is 10.1. The molecule has 23 heavy (non-hydrogen) atoms. The van der Waals surface area contributed by atoms with Crippen molar-refractivity contribution in [1.82, 2.24) is 14.5 Å². The summed E-state index contributed by atoms with van der Waals surface area (Å²) in [5.74, 6) is 0.530. The molecule has 4 nitrogen and oxygen atoms in total. The van der Waals surface area contributed by atoms with E-state index in [4.69, 9.17) is 0 Å². The maximum absolute atomic E-state index is 13.3. The van der Waals surface area contributed by atoms with E-state index in [1.54, 1.807) is 18.0 Å². The SMILES string of the molecule is CCCn1ccnc1CCCN(C)C(=O)c1cc(F)ccc1C. The summed E-state index contributed by atoms with van der Waals surface area (Å²) in [6, 6.07) is 4.32. The van der Waals surface area contributed by atoms with Crippen LogP contribution in [0.2, 0.25) is 0 Å². The average Bonchev–Trinajstić information content (AvgIpc) is 2.96. The number of imidazole rings is 1. The Morgan fingerprint density at radius 1 is 1.39 bits per heavy atom. The molecule has 1 heterocycles. The molecule has 0 spiro atoms. The molecular formula is C18H24FN3O. The summed E-state index contributed by atoms with van der Waals surface area (Å²) in [5, 5.41) is 0. The van der Waals surface area contributed by atoms with Crippen molar-refractivity contribution in [3.8, 4) is 0 Å². The predicted octanol–water partition coefficient (Wildman–Crippen LogP) is 3.45. The number of aromatic nitrogens is 2. The molecule has 0 N–H and O–H groups in total. The third-order valence-electron chi connectivity index (χ3n) is 3.94. The molecule has 0 saturated heterocycles. The van der Waals surface area contributed by atoms with Gasteiger partial charge in [0.25, 0.3) is 5.91 Å². The molecule has 0 aliphatic heterocycles. The van der Waals surface area contributed by atoms with Crippen LogP contribution in [0.5, 0.6) is 0 Å². The van der Waals surface area contributed by atoms with Gasteiger partial charge in [-0.15, -0.1) is 0 Å². The van der Waals surface area contributed by atoms with Crippen molar-refractivity contribution in [2.75, 3.05) is 13.6 Å². The first kappa shape index (κ1) is 17.2. The summed E-state index contributed by atoms with van der Waals surface area (Å²) >= 11 is 0. The standard InChI is InChI=1S/C18H24FN3O/c1-4-10-22-12-9-20-17(22)6-5-11-21(3)18(23)16-13-15(19)8-7-14(16)2/h7-9,12-13H,4-6,10-11H2,1-3H3. The quantitative estimate of drug-likeness (QED) is 0.784. The van der Waals surface area contributed by atoms with Crippen LogP contribution in [-0.2, 0) is 13.0 Å². The highest BCUT2D eigenvalue weighted by Crippen LogP contribution is 2.13. The summed E-state index contributed by atoms with van der Waals surface area (Å²) < 4.78 is 15.5. The van der Waals surface area contributed by atoms with Gasteiger partial charge < -0.3 is 9.47 Å². The molecule has 2 rings (SSSR count). The minimum absolute atomic E-state index is 0.140. The first-order valence-electron chi connectivity index (χ1n) is 8.04. The minimum Gasteiger partial charge on any atom is -0.342 e. The van der Waals surface area contributed by atoms with Crippen molar-refractivity contribution < 1.29 is 9.18 Å². The van der Waals surface area contributed by atoms with E-state index in [0.717, 1.165) is 37.2 Å². The van der Waals surface area contributed by atoms with Gasteiger partial charge in [-0.25, -0.2) is 9.37 Å². The Morgan fingerprint density at radius 3 is 2.91 bits per heavy atom. The van der Waals surface area contributed by atoms with E-state index < -0.39 is 0 Å². The lowest BCUT2D eigenvalue weighted by Crippen LogP contribution is -2.29. The molecule has 124 valence electrons. The molecule has 0 fully saturated rings. The zero-order valence-corrected chi connectivity index (χ0v) is 14.1. The van der Waals surface area contributed by atoms with E-state index in [9.17, 15) is 9.18 Å². The van der Waals surface area contributed by atoms with Gasteiger partial charge in [-0.05, 0) is 37.5 Å². The number of amides is 1. The van der Waals surface area contributed by atoms with Crippen LogP contribution in [0.15, 0.2) is 30.6 Å². The number of nitrogens with zero attached hydrogens (tertiary/aromatic N) is 3. The second-order valence-corrected chi connectivity index (χ2v) is 5.83. The van der Waals surface area contributed by atoms with Crippen LogP contribution in [0.25, 0.3) is 0 Å². The molecule has 5 heteroatoms. The number of carbonyl (C=O) groups is 1. The molecule has 0 atom stereocenters. The molecule has 1 amide bonds. The van der Waals surface area contributed by atoms with Crippen molar-refractivity contribution in [3.05, 3.63) is 53.4 Å². The second kappa shape index (κ2) is 7.90. The molecule has 0 bridgehead atoms. The average molecular weight is 317 g/mol. The number of benzene rings is 1. The summed E-state index contributed by atoms with van der Waals surface area (Å²) in [4.78, 5) is 18.4. The van der Waals surface area contributed by atoms with Gasteiger partial charge in [-0.1, -0.05) is 13.0 Å². The van der Waals surface area contributed by atoms with Crippen LogP contribution in [0.3, 0.4) is 0 Å². The second-order valence-electron chi connectivity index (χ2n) is 5.83. The monoisotopic (exact) mass is 317 g/mol. The van der Waals surface area contributed by atoms with Crippen molar-refractivity contribution in [1.29, 1.82) is 0 Å². The fraction of sp³-hybridized carbons (Fsp3) is 0.444. The Balaban J connectivity index is 1.91. The highest BCUT2D eigenvalue weighted by atomic mass is 19.1. The Labute approximate surface area is 136 Å². The number of carbonyl (C=O) groups excluding carboxylic acids is 1. The molecule has 0 aliphatic rings. The van der Waals surface area contributed by atoms with E-state index in [-0.39, 0.29) is 11.7 Å². The third-order valence-corrected chi connectivity index (χ3v) is 3.94. The third kappa shape index (κ3) is 4.41. The zero-order chi connectivity index (χ0) is 16.8. The van der Waals surface area contributed by atoms with Gasteiger partial charge in [-0.3, -0.25) is 4.79 Å². The maximum Gasteiger partial charge on any atom is 0.253 e. The highest BCUT2D eigenvalue weighted by molar-refractivity contribution is 5.95. The number of hydrogen-bond acceptors (Lipinski definition) is 2. The van der Waals surface area contributed by atoms with E-state index in [1.165, 1.54) is 12.1 Å². The van der Waals surface area contributed by atoms with Crippen molar-refractivity contribution in [2.24, 2.45) is 0 Å². The van der Waals surface area contributed by atoms with Crippen LogP contribution >= 0.6 is 0 Å². The molecule has 0 saturated carbocycles. The van der Waals surface area contributed by atoms with Gasteiger partial charge in [0, 0.05) is 44.5 Å².